The van der Waals surface area contributed by atoms with Crippen LogP contribution in [0.5, 0.6) is 0 Å². The van der Waals surface area contributed by atoms with Crippen molar-refractivity contribution >= 4 is 23.3 Å². The van der Waals surface area contributed by atoms with Crippen LogP contribution in [0.15, 0.2) is 41.6 Å². The van der Waals surface area contributed by atoms with E-state index in [2.05, 4.69) is 5.18 Å². The highest BCUT2D eigenvalue weighted by atomic mass is 16.6. The third kappa shape index (κ3) is 3.24. The molecule has 0 radical (unpaired) electrons. The van der Waals surface area contributed by atoms with Crippen LogP contribution in [0.2, 0.25) is 0 Å². The van der Waals surface area contributed by atoms with Gasteiger partial charge in [0.2, 0.25) is 0 Å². The maximum Gasteiger partial charge on any atom is 0.348 e. The standard InChI is InChI=1S/C16H14N2O5/c1-9-5-3-7-11(17-21)13(9)15(19)23-16(20)14-10(2)6-4-8-12(14)18-22/h3-8,17,21H,1-2H3. The lowest BCUT2D eigenvalue weighted by molar-refractivity contribution is 0.0398. The van der Waals surface area contributed by atoms with Gasteiger partial charge in [0.1, 0.15) is 5.69 Å². The zero-order valence-electron chi connectivity index (χ0n) is 12.5. The molecule has 2 aromatic rings. The first kappa shape index (κ1) is 16.3. The molecule has 0 saturated heterocycles. The number of carbonyl (C=O) groups is 2. The molecule has 118 valence electrons. The van der Waals surface area contributed by atoms with Gasteiger partial charge in [0, 0.05) is 0 Å². The summed E-state index contributed by atoms with van der Waals surface area (Å²) in [4.78, 5) is 35.3. The Morgan fingerprint density at radius 2 is 1.57 bits per heavy atom. The zero-order valence-corrected chi connectivity index (χ0v) is 12.5. The van der Waals surface area contributed by atoms with E-state index >= 15 is 0 Å². The highest BCUT2D eigenvalue weighted by Gasteiger charge is 2.23. The molecule has 0 aliphatic rings. The largest absolute Gasteiger partial charge is 0.386 e. The van der Waals surface area contributed by atoms with Gasteiger partial charge in [-0.15, -0.1) is 4.91 Å². The highest BCUT2D eigenvalue weighted by Crippen LogP contribution is 2.25. The fourth-order valence-corrected chi connectivity index (χ4v) is 2.21. The molecule has 0 saturated carbocycles. The highest BCUT2D eigenvalue weighted by molar-refractivity contribution is 6.08. The van der Waals surface area contributed by atoms with Crippen molar-refractivity contribution in [3.63, 3.8) is 0 Å². The Labute approximate surface area is 131 Å². The molecule has 7 nitrogen and oxygen atoms in total. The van der Waals surface area contributed by atoms with E-state index in [0.29, 0.717) is 11.1 Å². The third-order valence-corrected chi connectivity index (χ3v) is 3.34. The van der Waals surface area contributed by atoms with E-state index in [0.717, 1.165) is 0 Å². The number of hydrogen-bond donors (Lipinski definition) is 2. The molecule has 0 aliphatic carbocycles. The lowest BCUT2D eigenvalue weighted by Crippen LogP contribution is -2.16. The first-order valence-corrected chi connectivity index (χ1v) is 6.68. The molecule has 0 unspecified atom stereocenters. The Balaban J connectivity index is 2.35. The van der Waals surface area contributed by atoms with E-state index in [1.165, 1.54) is 12.1 Å². The van der Waals surface area contributed by atoms with Gasteiger partial charge in [-0.1, -0.05) is 24.3 Å². The number of anilines is 1. The van der Waals surface area contributed by atoms with Gasteiger partial charge in [-0.25, -0.2) is 9.59 Å². The molecule has 0 fully saturated rings. The van der Waals surface area contributed by atoms with Crippen LogP contribution in [-0.2, 0) is 4.74 Å². The second kappa shape index (κ2) is 6.80. The van der Waals surface area contributed by atoms with Crippen LogP contribution in [0.3, 0.4) is 0 Å². The lowest BCUT2D eigenvalue weighted by atomic mass is 10.1. The van der Waals surface area contributed by atoms with E-state index in [9.17, 15) is 14.5 Å². The van der Waals surface area contributed by atoms with Crippen molar-refractivity contribution in [3.05, 3.63) is 63.6 Å². The van der Waals surface area contributed by atoms with Gasteiger partial charge in [-0.3, -0.25) is 10.7 Å². The minimum atomic E-state index is -0.977. The Kier molecular flexibility index (Phi) is 4.82. The molecule has 2 rings (SSSR count). The minimum absolute atomic E-state index is 0.0255. The summed E-state index contributed by atoms with van der Waals surface area (Å²) in [6.07, 6.45) is 0. The number of benzene rings is 2. The predicted molar refractivity (Wildman–Crippen MR) is 83.0 cm³/mol. The summed E-state index contributed by atoms with van der Waals surface area (Å²) in [5, 5.41) is 11.8. The molecule has 0 aliphatic heterocycles. The van der Waals surface area contributed by atoms with Crippen LogP contribution in [0.4, 0.5) is 11.4 Å². The van der Waals surface area contributed by atoms with Crippen LogP contribution in [0.25, 0.3) is 0 Å². The molecular weight excluding hydrogens is 300 g/mol. The molecule has 0 atom stereocenters. The average Bonchev–Trinajstić information content (AvgIpc) is 2.53. The van der Waals surface area contributed by atoms with Crippen LogP contribution in [0.1, 0.15) is 31.8 Å². The normalized spacial score (nSPS) is 10.0. The fourth-order valence-electron chi connectivity index (χ4n) is 2.21. The maximum absolute atomic E-state index is 12.2. The molecule has 0 heterocycles. The summed E-state index contributed by atoms with van der Waals surface area (Å²) in [5.74, 6) is -1.92. The molecule has 0 aromatic heterocycles. The van der Waals surface area contributed by atoms with Crippen molar-refractivity contribution < 1.29 is 19.5 Å². The van der Waals surface area contributed by atoms with E-state index in [-0.39, 0.29) is 22.5 Å². The summed E-state index contributed by atoms with van der Waals surface area (Å²) in [6, 6.07) is 9.25. The predicted octanol–water partition coefficient (Wildman–Crippen LogP) is 3.50. The fraction of sp³-hybridized carbons (Fsp3) is 0.125. The van der Waals surface area contributed by atoms with Gasteiger partial charge in [0.25, 0.3) is 0 Å². The number of nitrogens with zero attached hydrogens (tertiary/aromatic N) is 1. The SMILES string of the molecule is Cc1cccc(N=O)c1C(=O)OC(=O)c1c(C)cccc1NO. The molecule has 23 heavy (non-hydrogen) atoms. The second-order valence-electron chi connectivity index (χ2n) is 4.85. The van der Waals surface area contributed by atoms with Crippen molar-refractivity contribution in [1.82, 2.24) is 0 Å². The Bertz CT molecular complexity index is 786. The summed E-state index contributed by atoms with van der Waals surface area (Å²) < 4.78 is 4.84. The smallest absolute Gasteiger partial charge is 0.348 e. The maximum atomic E-state index is 12.2. The van der Waals surface area contributed by atoms with Crippen molar-refractivity contribution in [2.24, 2.45) is 5.18 Å². The number of ether oxygens (including phenoxy) is 1. The van der Waals surface area contributed by atoms with E-state index in [4.69, 9.17) is 9.94 Å². The van der Waals surface area contributed by atoms with Crippen LogP contribution >= 0.6 is 0 Å². The molecule has 0 bridgehead atoms. The molecule has 0 spiro atoms. The van der Waals surface area contributed by atoms with Gasteiger partial charge in [-0.05, 0) is 42.3 Å². The van der Waals surface area contributed by atoms with Crippen molar-refractivity contribution in [2.45, 2.75) is 13.8 Å². The first-order valence-electron chi connectivity index (χ1n) is 6.68. The Morgan fingerprint density at radius 3 is 2.17 bits per heavy atom. The number of nitroso groups, excluding NO2 is 1. The number of rotatable bonds is 4. The average molecular weight is 314 g/mol. The quantitative estimate of drug-likeness (QED) is 0.387. The van der Waals surface area contributed by atoms with Crippen LogP contribution < -0.4 is 5.48 Å². The summed E-state index contributed by atoms with van der Waals surface area (Å²) >= 11 is 0. The molecular formula is C16H14N2O5. The van der Waals surface area contributed by atoms with Crippen LogP contribution in [-0.4, -0.2) is 17.1 Å². The summed E-state index contributed by atoms with van der Waals surface area (Å²) in [5.41, 5.74) is 2.83. The van der Waals surface area contributed by atoms with Crippen molar-refractivity contribution in [3.8, 4) is 0 Å². The van der Waals surface area contributed by atoms with E-state index in [1.807, 2.05) is 5.48 Å². The number of carbonyl (C=O) groups excluding carboxylic acids is 2. The monoisotopic (exact) mass is 314 g/mol. The third-order valence-electron chi connectivity index (χ3n) is 3.34. The topological polar surface area (TPSA) is 105 Å². The Morgan fingerprint density at radius 1 is 1.00 bits per heavy atom. The second-order valence-corrected chi connectivity index (χ2v) is 4.85. The van der Waals surface area contributed by atoms with Crippen molar-refractivity contribution in [2.75, 3.05) is 5.48 Å². The minimum Gasteiger partial charge on any atom is -0.386 e. The molecule has 0 amide bonds. The number of hydrogen-bond acceptors (Lipinski definition) is 7. The van der Waals surface area contributed by atoms with Gasteiger partial charge in [0.15, 0.2) is 0 Å². The van der Waals surface area contributed by atoms with Gasteiger partial charge in [0.05, 0.1) is 16.8 Å². The number of esters is 2. The number of aryl methyl sites for hydroxylation is 2. The Hall–Kier alpha value is -3.06. The van der Waals surface area contributed by atoms with Crippen molar-refractivity contribution in [1.29, 1.82) is 0 Å². The van der Waals surface area contributed by atoms with Crippen LogP contribution in [0, 0.1) is 18.8 Å². The summed E-state index contributed by atoms with van der Waals surface area (Å²) in [7, 11) is 0. The zero-order chi connectivity index (χ0) is 17.0. The van der Waals surface area contributed by atoms with E-state index < -0.39 is 11.9 Å². The first-order chi connectivity index (χ1) is 11.0. The number of nitrogens with one attached hydrogen (secondary N) is 1. The van der Waals surface area contributed by atoms with Gasteiger partial charge >= 0.3 is 11.9 Å². The van der Waals surface area contributed by atoms with E-state index in [1.54, 1.807) is 38.1 Å². The summed E-state index contributed by atoms with van der Waals surface area (Å²) in [6.45, 7) is 3.23. The molecule has 2 aromatic carbocycles. The lowest BCUT2D eigenvalue weighted by Gasteiger charge is -2.11. The molecule has 7 heteroatoms. The van der Waals surface area contributed by atoms with Gasteiger partial charge < -0.3 is 4.74 Å². The van der Waals surface area contributed by atoms with Gasteiger partial charge in [-0.2, -0.15) is 0 Å². The molecule has 2 N–H and O–H groups in total.